The van der Waals surface area contributed by atoms with Gasteiger partial charge in [-0.15, -0.1) is 12.4 Å². The summed E-state index contributed by atoms with van der Waals surface area (Å²) in [5.74, 6) is 2.06. The van der Waals surface area contributed by atoms with E-state index in [1.54, 1.807) is 0 Å². The fraction of sp³-hybridized carbons (Fsp3) is 0.308. The molecule has 0 unspecified atom stereocenters. The predicted octanol–water partition coefficient (Wildman–Crippen LogP) is 5.53. The summed E-state index contributed by atoms with van der Waals surface area (Å²) in [4.78, 5) is 0. The number of rotatable bonds is 12. The lowest BCUT2D eigenvalue weighted by Gasteiger charge is -2.24. The summed E-state index contributed by atoms with van der Waals surface area (Å²) < 4.78 is 11.8. The summed E-state index contributed by atoms with van der Waals surface area (Å²) in [6, 6.07) is 23.2. The van der Waals surface area contributed by atoms with Crippen molar-refractivity contribution in [3.05, 3.63) is 88.9 Å². The van der Waals surface area contributed by atoms with Crippen LogP contribution in [0.2, 0.25) is 5.02 Å². The highest BCUT2D eigenvalue weighted by Gasteiger charge is 2.22. The molecule has 3 aromatic carbocycles. The Morgan fingerprint density at radius 1 is 0.818 bits per heavy atom. The third-order valence-electron chi connectivity index (χ3n) is 5.31. The second-order valence-corrected chi connectivity index (χ2v) is 8.40. The average molecular weight is 492 g/mol. The van der Waals surface area contributed by atoms with Gasteiger partial charge in [0, 0.05) is 11.1 Å². The number of aryl methyl sites for hydroxylation is 1. The number of hydrogen-bond acceptors (Lipinski definition) is 5. The molecule has 5 nitrogen and oxygen atoms in total. The van der Waals surface area contributed by atoms with E-state index in [1.165, 1.54) is 0 Å². The van der Waals surface area contributed by atoms with E-state index in [4.69, 9.17) is 26.8 Å². The Morgan fingerprint density at radius 3 is 2.21 bits per heavy atom. The summed E-state index contributed by atoms with van der Waals surface area (Å²) >= 11 is 6.46. The van der Waals surface area contributed by atoms with Crippen molar-refractivity contribution < 1.29 is 19.7 Å². The Morgan fingerprint density at radius 2 is 1.52 bits per heavy atom. The normalized spacial score (nSPS) is 11.0. The van der Waals surface area contributed by atoms with E-state index in [1.807, 2.05) is 72.8 Å². The molecule has 0 bridgehead atoms. The lowest BCUT2D eigenvalue weighted by molar-refractivity contribution is 0.112. The number of nitrogens with two attached hydrogens (primary N) is 1. The van der Waals surface area contributed by atoms with Crippen LogP contribution in [0.1, 0.15) is 30.4 Å². The lowest BCUT2D eigenvalue weighted by Crippen LogP contribution is -2.47. The van der Waals surface area contributed by atoms with E-state index in [0.29, 0.717) is 29.5 Å². The summed E-state index contributed by atoms with van der Waals surface area (Å²) in [5.41, 5.74) is 7.12. The minimum absolute atomic E-state index is 0. The molecule has 3 rings (SSSR count). The maximum atomic E-state index is 9.27. The molecule has 7 heteroatoms. The van der Waals surface area contributed by atoms with Crippen molar-refractivity contribution in [3.8, 4) is 17.2 Å². The first-order valence-corrected chi connectivity index (χ1v) is 11.1. The van der Waals surface area contributed by atoms with Crippen molar-refractivity contribution in [2.75, 3.05) is 13.2 Å². The maximum Gasteiger partial charge on any atom is 0.131 e. The fourth-order valence-electron chi connectivity index (χ4n) is 3.30. The first kappa shape index (κ1) is 27.0. The molecule has 0 aromatic heterocycles. The molecule has 0 aliphatic heterocycles. The molecule has 0 saturated carbocycles. The molecule has 0 amide bonds. The highest BCUT2D eigenvalue weighted by atomic mass is 35.5. The van der Waals surface area contributed by atoms with Crippen LogP contribution in [0.15, 0.2) is 72.8 Å². The Balaban J connectivity index is 0.00000385. The highest BCUT2D eigenvalue weighted by molar-refractivity contribution is 6.31. The molecule has 0 fully saturated rings. The van der Waals surface area contributed by atoms with Crippen LogP contribution in [-0.2, 0) is 13.0 Å². The van der Waals surface area contributed by atoms with Crippen LogP contribution in [0.4, 0.5) is 0 Å². The van der Waals surface area contributed by atoms with E-state index in [2.05, 4.69) is 0 Å². The smallest absolute Gasteiger partial charge is 0.131 e. The number of unbranched alkanes of at least 4 members (excludes halogenated alkanes) is 1. The fourth-order valence-corrected chi connectivity index (χ4v) is 3.56. The quantitative estimate of drug-likeness (QED) is 0.290. The molecule has 4 N–H and O–H groups in total. The van der Waals surface area contributed by atoms with E-state index in [0.717, 1.165) is 36.1 Å². The second-order valence-electron chi connectivity index (χ2n) is 7.99. The third-order valence-corrected chi connectivity index (χ3v) is 5.67. The number of ether oxygens (including phenoxy) is 2. The average Bonchev–Trinajstić information content (AvgIpc) is 2.82. The number of halogens is 2. The molecule has 0 aliphatic carbocycles. The zero-order chi connectivity index (χ0) is 22.8. The summed E-state index contributed by atoms with van der Waals surface area (Å²) in [7, 11) is 0. The van der Waals surface area contributed by atoms with Crippen LogP contribution in [-0.4, -0.2) is 29.0 Å². The Labute approximate surface area is 206 Å². The van der Waals surface area contributed by atoms with E-state index in [9.17, 15) is 10.2 Å². The highest BCUT2D eigenvalue weighted by Crippen LogP contribution is 2.30. The summed E-state index contributed by atoms with van der Waals surface area (Å²) in [6.07, 6.45) is 3.00. The molecule has 0 spiro atoms. The first-order valence-electron chi connectivity index (χ1n) is 10.7. The summed E-state index contributed by atoms with van der Waals surface area (Å²) in [6.45, 7) is 0.0380. The minimum atomic E-state index is -0.916. The van der Waals surface area contributed by atoms with Gasteiger partial charge in [-0.05, 0) is 54.7 Å². The topological polar surface area (TPSA) is 84.9 Å². The molecule has 0 radical (unpaired) electrons. The van der Waals surface area contributed by atoms with Crippen LogP contribution in [0.25, 0.3) is 0 Å². The summed E-state index contributed by atoms with van der Waals surface area (Å²) in [5, 5.41) is 19.2. The molecular formula is C26H31Cl2NO4. The number of hydrogen-bond donors (Lipinski definition) is 3. The van der Waals surface area contributed by atoms with E-state index in [-0.39, 0.29) is 25.6 Å². The van der Waals surface area contributed by atoms with Gasteiger partial charge in [0.1, 0.15) is 23.9 Å². The number of aliphatic hydroxyl groups excluding tert-OH is 2. The number of aliphatic hydroxyl groups is 2. The lowest BCUT2D eigenvalue weighted by atomic mass is 9.94. The second kappa shape index (κ2) is 13.4. The largest absolute Gasteiger partial charge is 0.489 e. The number of benzene rings is 3. The zero-order valence-electron chi connectivity index (χ0n) is 18.5. The van der Waals surface area contributed by atoms with Crippen LogP contribution in [0, 0.1) is 0 Å². The SMILES string of the molecule is Cl.NC(CO)(CO)CCCCc1ccc(Oc2cccc(OCc3ccccc3)c2)cc1Cl. The Kier molecular flexibility index (Phi) is 11.0. The standard InChI is InChI=1S/C26H30ClNO4.ClH/c27-25-16-24(13-12-21(25)9-4-5-14-26(28,18-29)19-30)32-23-11-6-10-22(15-23)31-17-20-7-2-1-3-8-20;/h1-3,6-8,10-13,15-16,29-30H,4-5,9,14,17-19,28H2;1H. The van der Waals surface area contributed by atoms with Gasteiger partial charge in [-0.1, -0.05) is 60.5 Å². The minimum Gasteiger partial charge on any atom is -0.489 e. The van der Waals surface area contributed by atoms with Gasteiger partial charge in [0.15, 0.2) is 0 Å². The zero-order valence-corrected chi connectivity index (χ0v) is 20.0. The van der Waals surface area contributed by atoms with Gasteiger partial charge >= 0.3 is 0 Å². The van der Waals surface area contributed by atoms with Crippen molar-refractivity contribution >= 4 is 24.0 Å². The third kappa shape index (κ3) is 8.54. The van der Waals surface area contributed by atoms with Crippen molar-refractivity contribution in [1.29, 1.82) is 0 Å². The van der Waals surface area contributed by atoms with Gasteiger partial charge in [-0.2, -0.15) is 0 Å². The van der Waals surface area contributed by atoms with Crippen molar-refractivity contribution in [2.24, 2.45) is 5.73 Å². The Bertz CT molecular complexity index is 981. The van der Waals surface area contributed by atoms with Gasteiger partial charge in [-0.25, -0.2) is 0 Å². The van der Waals surface area contributed by atoms with Crippen molar-refractivity contribution in [1.82, 2.24) is 0 Å². The molecule has 0 aliphatic rings. The predicted molar refractivity (Wildman–Crippen MR) is 135 cm³/mol. The maximum absolute atomic E-state index is 9.27. The molecule has 178 valence electrons. The monoisotopic (exact) mass is 491 g/mol. The van der Waals surface area contributed by atoms with Gasteiger partial charge in [0.05, 0.1) is 18.8 Å². The first-order chi connectivity index (χ1) is 15.5. The molecule has 0 saturated heterocycles. The Hall–Kier alpha value is -2.28. The van der Waals surface area contributed by atoms with Gasteiger partial charge in [0.2, 0.25) is 0 Å². The molecule has 0 atom stereocenters. The van der Waals surface area contributed by atoms with Gasteiger partial charge < -0.3 is 25.4 Å². The van der Waals surface area contributed by atoms with Crippen LogP contribution in [0.5, 0.6) is 17.2 Å². The van der Waals surface area contributed by atoms with Crippen LogP contribution in [0.3, 0.4) is 0 Å². The van der Waals surface area contributed by atoms with Crippen LogP contribution >= 0.6 is 24.0 Å². The van der Waals surface area contributed by atoms with Gasteiger partial charge in [-0.3, -0.25) is 0 Å². The molecule has 3 aromatic rings. The van der Waals surface area contributed by atoms with E-state index < -0.39 is 5.54 Å². The molecule has 33 heavy (non-hydrogen) atoms. The van der Waals surface area contributed by atoms with Crippen molar-refractivity contribution in [2.45, 2.75) is 37.8 Å². The van der Waals surface area contributed by atoms with Crippen molar-refractivity contribution in [3.63, 3.8) is 0 Å². The van der Waals surface area contributed by atoms with Crippen LogP contribution < -0.4 is 15.2 Å². The molecule has 0 heterocycles. The van der Waals surface area contributed by atoms with Gasteiger partial charge in [0.25, 0.3) is 0 Å². The molecular weight excluding hydrogens is 461 g/mol. The van der Waals surface area contributed by atoms with E-state index >= 15 is 0 Å².